The molecule has 0 aliphatic rings. The van der Waals surface area contributed by atoms with Crippen LogP contribution < -0.4 is 11.3 Å². The molecule has 0 bridgehead atoms. The lowest BCUT2D eigenvalue weighted by molar-refractivity contribution is 0.795. The van der Waals surface area contributed by atoms with E-state index in [4.69, 9.17) is 5.73 Å². The standard InChI is InChI=1S/C9H10N8OS/c1-16-7(10)14-15-9(16)19-3-5-2-6(18)17-8(13-5)11-4-12-17/h2,4H,3H2,1H3,(H2,10,14)(H,11,12,13). The van der Waals surface area contributed by atoms with E-state index in [1.807, 2.05) is 0 Å². The summed E-state index contributed by atoms with van der Waals surface area (Å²) in [6.07, 6.45) is 1.42. The molecule has 3 rings (SSSR count). The molecule has 0 saturated heterocycles. The van der Waals surface area contributed by atoms with Crippen LogP contribution >= 0.6 is 11.8 Å². The average molecular weight is 278 g/mol. The first-order chi connectivity index (χ1) is 9.15. The second-order valence-corrected chi connectivity index (χ2v) is 4.74. The summed E-state index contributed by atoms with van der Waals surface area (Å²) in [6, 6.07) is 1.46. The number of rotatable bonds is 3. The minimum absolute atomic E-state index is 0.199. The van der Waals surface area contributed by atoms with Crippen molar-refractivity contribution in [2.75, 3.05) is 5.73 Å². The quantitative estimate of drug-likeness (QED) is 0.615. The van der Waals surface area contributed by atoms with E-state index in [1.54, 1.807) is 11.6 Å². The third-order valence-electron chi connectivity index (χ3n) is 2.54. The summed E-state index contributed by atoms with van der Waals surface area (Å²) in [7, 11) is 1.77. The number of nitrogens with zero attached hydrogens (tertiary/aromatic N) is 6. The predicted molar refractivity (Wildman–Crippen MR) is 68.6 cm³/mol. The van der Waals surface area contributed by atoms with E-state index in [9.17, 15) is 4.79 Å². The van der Waals surface area contributed by atoms with Crippen molar-refractivity contribution in [2.45, 2.75) is 10.9 Å². The fourth-order valence-corrected chi connectivity index (χ4v) is 2.34. The minimum Gasteiger partial charge on any atom is -0.368 e. The van der Waals surface area contributed by atoms with Crippen molar-refractivity contribution in [3.8, 4) is 0 Å². The van der Waals surface area contributed by atoms with Crippen LogP contribution in [-0.4, -0.2) is 34.3 Å². The smallest absolute Gasteiger partial charge is 0.274 e. The fourth-order valence-electron chi connectivity index (χ4n) is 1.53. The van der Waals surface area contributed by atoms with E-state index in [0.717, 1.165) is 0 Å². The van der Waals surface area contributed by atoms with Gasteiger partial charge in [0.15, 0.2) is 5.16 Å². The van der Waals surface area contributed by atoms with E-state index in [1.165, 1.54) is 28.7 Å². The van der Waals surface area contributed by atoms with Crippen LogP contribution in [0.4, 0.5) is 5.95 Å². The van der Waals surface area contributed by atoms with Gasteiger partial charge in [-0.05, 0) is 0 Å². The van der Waals surface area contributed by atoms with E-state index in [-0.39, 0.29) is 5.56 Å². The average Bonchev–Trinajstić information content (AvgIpc) is 2.97. The Bertz CT molecular complexity index is 787. The minimum atomic E-state index is -0.199. The monoisotopic (exact) mass is 278 g/mol. The summed E-state index contributed by atoms with van der Waals surface area (Å²) in [5.74, 6) is 1.18. The summed E-state index contributed by atoms with van der Waals surface area (Å²) in [6.45, 7) is 0. The van der Waals surface area contributed by atoms with Gasteiger partial charge >= 0.3 is 0 Å². The van der Waals surface area contributed by atoms with Crippen LogP contribution in [-0.2, 0) is 12.8 Å². The topological polar surface area (TPSA) is 120 Å². The van der Waals surface area contributed by atoms with Gasteiger partial charge in [0, 0.05) is 18.9 Å². The first kappa shape index (κ1) is 11.7. The lowest BCUT2D eigenvalue weighted by Crippen LogP contribution is -2.15. The van der Waals surface area contributed by atoms with Crippen LogP contribution in [0.1, 0.15) is 5.69 Å². The van der Waals surface area contributed by atoms with Crippen LogP contribution in [0.25, 0.3) is 5.78 Å². The third kappa shape index (κ3) is 2.05. The third-order valence-corrected chi connectivity index (χ3v) is 3.59. The van der Waals surface area contributed by atoms with Crippen molar-refractivity contribution in [3.05, 3.63) is 28.4 Å². The maximum atomic E-state index is 11.7. The molecular weight excluding hydrogens is 268 g/mol. The molecule has 0 aliphatic carbocycles. The summed E-state index contributed by atoms with van der Waals surface area (Å²) >= 11 is 1.40. The largest absolute Gasteiger partial charge is 0.368 e. The molecular formula is C9H10N8OS. The zero-order chi connectivity index (χ0) is 13.4. The molecule has 3 heterocycles. The molecule has 19 heavy (non-hydrogen) atoms. The molecule has 3 N–H and O–H groups in total. The number of fused-ring (bicyclic) bond motifs is 1. The van der Waals surface area contributed by atoms with E-state index in [2.05, 4.69) is 25.3 Å². The number of hydrogen-bond acceptors (Lipinski definition) is 7. The Morgan fingerprint density at radius 2 is 2.32 bits per heavy atom. The van der Waals surface area contributed by atoms with Crippen LogP contribution in [0, 0.1) is 0 Å². The molecule has 9 nitrogen and oxygen atoms in total. The lowest BCUT2D eigenvalue weighted by atomic mass is 10.4. The highest BCUT2D eigenvalue weighted by atomic mass is 32.2. The van der Waals surface area contributed by atoms with Crippen LogP contribution in [0.2, 0.25) is 0 Å². The predicted octanol–water partition coefficient (Wildman–Crippen LogP) is -0.579. The number of hydrogen-bond donors (Lipinski definition) is 2. The highest BCUT2D eigenvalue weighted by molar-refractivity contribution is 7.98. The number of nitrogens with one attached hydrogen (secondary N) is 1. The van der Waals surface area contributed by atoms with Gasteiger partial charge in [0.05, 0.1) is 5.69 Å². The van der Waals surface area contributed by atoms with Crippen LogP contribution in [0.3, 0.4) is 0 Å². The zero-order valence-electron chi connectivity index (χ0n) is 9.94. The molecule has 0 aliphatic heterocycles. The van der Waals surface area contributed by atoms with Gasteiger partial charge in [0.1, 0.15) is 6.33 Å². The van der Waals surface area contributed by atoms with Gasteiger partial charge in [-0.25, -0.2) is 9.97 Å². The summed E-state index contributed by atoms with van der Waals surface area (Å²) < 4.78 is 2.94. The van der Waals surface area contributed by atoms with E-state index < -0.39 is 0 Å². The summed E-state index contributed by atoms with van der Waals surface area (Å²) in [5.41, 5.74) is 6.02. The fraction of sp³-hybridized carbons (Fsp3) is 0.222. The van der Waals surface area contributed by atoms with Gasteiger partial charge in [-0.1, -0.05) is 11.8 Å². The number of nitrogens with two attached hydrogens (primary N) is 1. The lowest BCUT2D eigenvalue weighted by Gasteiger charge is -2.01. The first-order valence-corrected chi connectivity index (χ1v) is 6.33. The Kier molecular flexibility index (Phi) is 2.71. The maximum Gasteiger partial charge on any atom is 0.274 e. The first-order valence-electron chi connectivity index (χ1n) is 5.35. The van der Waals surface area contributed by atoms with Crippen molar-refractivity contribution < 1.29 is 0 Å². The van der Waals surface area contributed by atoms with Crippen molar-refractivity contribution in [2.24, 2.45) is 7.05 Å². The van der Waals surface area contributed by atoms with Crippen LogP contribution in [0.15, 0.2) is 22.3 Å². The molecule has 0 aromatic carbocycles. The molecule has 0 spiro atoms. The van der Waals surface area contributed by atoms with Crippen molar-refractivity contribution in [3.63, 3.8) is 0 Å². The van der Waals surface area contributed by atoms with Crippen molar-refractivity contribution >= 4 is 23.5 Å². The Labute approximate surface area is 110 Å². The number of H-pyrrole nitrogens is 1. The molecule has 3 aromatic rings. The van der Waals surface area contributed by atoms with E-state index >= 15 is 0 Å². The van der Waals surface area contributed by atoms with Gasteiger partial charge in [-0.3, -0.25) is 14.5 Å². The molecule has 0 fully saturated rings. The Balaban J connectivity index is 1.85. The number of nitrogen functional groups attached to an aromatic ring is 1. The molecule has 10 heteroatoms. The van der Waals surface area contributed by atoms with Gasteiger partial charge in [0.25, 0.3) is 11.3 Å². The summed E-state index contributed by atoms with van der Waals surface area (Å²) in [4.78, 5) is 19.9. The SMILES string of the molecule is Cn1c(N)nnc1SCc1cc(=O)n2[nH]cnc2n1. The highest BCUT2D eigenvalue weighted by Crippen LogP contribution is 2.20. The van der Waals surface area contributed by atoms with Gasteiger partial charge in [0.2, 0.25) is 5.95 Å². The maximum absolute atomic E-state index is 11.7. The second-order valence-electron chi connectivity index (χ2n) is 3.80. The van der Waals surface area contributed by atoms with E-state index in [0.29, 0.717) is 28.3 Å². The Hall–Kier alpha value is -2.36. The number of aromatic amines is 1. The number of aromatic nitrogens is 7. The molecule has 0 saturated carbocycles. The normalized spacial score (nSPS) is 11.2. The molecule has 3 aromatic heterocycles. The highest BCUT2D eigenvalue weighted by Gasteiger charge is 2.09. The molecule has 0 atom stereocenters. The summed E-state index contributed by atoms with van der Waals surface area (Å²) in [5, 5.41) is 11.0. The Morgan fingerprint density at radius 1 is 1.47 bits per heavy atom. The molecule has 98 valence electrons. The second kappa shape index (κ2) is 4.39. The molecule has 0 amide bonds. The van der Waals surface area contributed by atoms with Gasteiger partial charge in [-0.15, -0.1) is 10.2 Å². The molecule has 0 radical (unpaired) electrons. The zero-order valence-corrected chi connectivity index (χ0v) is 10.8. The van der Waals surface area contributed by atoms with Gasteiger partial charge < -0.3 is 5.73 Å². The number of anilines is 1. The Morgan fingerprint density at radius 3 is 3.05 bits per heavy atom. The van der Waals surface area contributed by atoms with Crippen molar-refractivity contribution in [1.82, 2.24) is 34.3 Å². The van der Waals surface area contributed by atoms with Crippen LogP contribution in [0.5, 0.6) is 0 Å². The van der Waals surface area contributed by atoms with Crippen molar-refractivity contribution in [1.29, 1.82) is 0 Å². The molecule has 0 unspecified atom stereocenters. The number of thioether (sulfide) groups is 1. The van der Waals surface area contributed by atoms with Gasteiger partial charge in [-0.2, -0.15) is 4.52 Å².